The summed E-state index contributed by atoms with van der Waals surface area (Å²) < 4.78 is 14.5. The molecular formula is C24H41FO2. The van der Waals surface area contributed by atoms with Crippen molar-refractivity contribution in [2.45, 2.75) is 117 Å². The number of aromatic hydroxyl groups is 2. The molecule has 0 fully saturated rings. The van der Waals surface area contributed by atoms with Gasteiger partial charge in [0.15, 0.2) is 17.3 Å². The number of hydrogen-bond donors (Lipinski definition) is 2. The van der Waals surface area contributed by atoms with Gasteiger partial charge in [0, 0.05) is 0 Å². The third kappa shape index (κ3) is 9.48. The molecule has 1 rings (SSSR count). The monoisotopic (exact) mass is 380 g/mol. The van der Waals surface area contributed by atoms with Gasteiger partial charge >= 0.3 is 0 Å². The molecule has 0 saturated heterocycles. The van der Waals surface area contributed by atoms with E-state index in [0.29, 0.717) is 12.0 Å². The molecular weight excluding hydrogens is 339 g/mol. The number of phenols is 2. The fourth-order valence-electron chi connectivity index (χ4n) is 3.74. The number of hydrogen-bond acceptors (Lipinski definition) is 2. The maximum Gasteiger partial charge on any atom is 0.194 e. The van der Waals surface area contributed by atoms with E-state index in [1.165, 1.54) is 64.2 Å². The summed E-state index contributed by atoms with van der Waals surface area (Å²) in [6.45, 7) is 4.44. The van der Waals surface area contributed by atoms with Crippen LogP contribution in [0.15, 0.2) is 6.07 Å². The molecule has 0 amide bonds. The second-order valence-electron chi connectivity index (χ2n) is 7.94. The van der Waals surface area contributed by atoms with Crippen LogP contribution in [0.1, 0.15) is 115 Å². The highest BCUT2D eigenvalue weighted by molar-refractivity contribution is 5.47. The fraction of sp³-hybridized carbons (Fsp3) is 0.750. The minimum atomic E-state index is -0.612. The molecule has 1 aromatic rings. The Balaban J connectivity index is 2.48. The highest BCUT2D eigenvalue weighted by Crippen LogP contribution is 2.34. The molecule has 0 aromatic heterocycles. The van der Waals surface area contributed by atoms with Crippen molar-refractivity contribution in [1.29, 1.82) is 0 Å². The molecule has 0 aliphatic carbocycles. The molecule has 2 N–H and O–H groups in total. The molecule has 0 saturated carbocycles. The first-order valence-electron chi connectivity index (χ1n) is 11.3. The minimum Gasteiger partial charge on any atom is -0.504 e. The van der Waals surface area contributed by atoms with Crippen LogP contribution >= 0.6 is 0 Å². The van der Waals surface area contributed by atoms with Crippen LogP contribution in [0.2, 0.25) is 0 Å². The van der Waals surface area contributed by atoms with Crippen molar-refractivity contribution >= 4 is 0 Å². The van der Waals surface area contributed by atoms with Crippen LogP contribution in [0.25, 0.3) is 0 Å². The van der Waals surface area contributed by atoms with E-state index in [0.717, 1.165) is 37.7 Å². The molecule has 0 heterocycles. The van der Waals surface area contributed by atoms with Crippen LogP contribution < -0.4 is 0 Å². The highest BCUT2D eigenvalue weighted by atomic mass is 19.1. The van der Waals surface area contributed by atoms with Crippen LogP contribution in [0.5, 0.6) is 11.5 Å². The normalized spacial score (nSPS) is 11.2. The largest absolute Gasteiger partial charge is 0.504 e. The molecule has 0 spiro atoms. The first-order valence-corrected chi connectivity index (χ1v) is 11.3. The van der Waals surface area contributed by atoms with Gasteiger partial charge < -0.3 is 10.2 Å². The highest BCUT2D eigenvalue weighted by Gasteiger charge is 2.17. The lowest BCUT2D eigenvalue weighted by Gasteiger charge is -2.13. The summed E-state index contributed by atoms with van der Waals surface area (Å²) in [5.41, 5.74) is 1.49. The zero-order chi connectivity index (χ0) is 19.9. The Kier molecular flexibility index (Phi) is 13.0. The van der Waals surface area contributed by atoms with Gasteiger partial charge in [-0.25, -0.2) is 4.39 Å². The Hall–Kier alpha value is -1.25. The maximum absolute atomic E-state index is 14.5. The predicted molar refractivity (Wildman–Crippen MR) is 113 cm³/mol. The summed E-state index contributed by atoms with van der Waals surface area (Å²) in [6, 6.07) is 1.58. The summed E-state index contributed by atoms with van der Waals surface area (Å²) in [6.07, 6.45) is 18.3. The first kappa shape index (κ1) is 23.8. The summed E-state index contributed by atoms with van der Waals surface area (Å²) >= 11 is 0. The Morgan fingerprint density at radius 1 is 0.667 bits per heavy atom. The number of aryl methyl sites for hydroxylation is 1. The summed E-state index contributed by atoms with van der Waals surface area (Å²) in [5.74, 6) is -1.52. The standard InChI is InChI=1S/C24H41FO2/c1-3-5-7-9-11-13-15-17-20-19-22(26)24(27)23(25)21(20)18-16-14-12-10-8-6-4-2/h19,26-27H,3-18H2,1-2H3. The van der Waals surface area contributed by atoms with Gasteiger partial charge in [-0.05, 0) is 42.9 Å². The average molecular weight is 381 g/mol. The number of unbranched alkanes of at least 4 members (excludes halogenated alkanes) is 12. The lowest BCUT2D eigenvalue weighted by molar-refractivity contribution is 0.375. The van der Waals surface area contributed by atoms with E-state index >= 15 is 0 Å². The SMILES string of the molecule is CCCCCCCCCc1cc(O)c(O)c(F)c1CCCCCCCCC. The number of halogens is 1. The Morgan fingerprint density at radius 2 is 1.11 bits per heavy atom. The molecule has 0 radical (unpaired) electrons. The molecule has 0 atom stereocenters. The summed E-state index contributed by atoms with van der Waals surface area (Å²) in [4.78, 5) is 0. The van der Waals surface area contributed by atoms with E-state index in [-0.39, 0.29) is 5.75 Å². The quantitative estimate of drug-likeness (QED) is 0.227. The van der Waals surface area contributed by atoms with Crippen LogP contribution in [-0.4, -0.2) is 10.2 Å². The zero-order valence-corrected chi connectivity index (χ0v) is 17.7. The van der Waals surface area contributed by atoms with Crippen LogP contribution in [0, 0.1) is 5.82 Å². The smallest absolute Gasteiger partial charge is 0.194 e. The van der Waals surface area contributed by atoms with E-state index in [1.807, 2.05) is 0 Å². The maximum atomic E-state index is 14.5. The van der Waals surface area contributed by atoms with E-state index < -0.39 is 11.6 Å². The van der Waals surface area contributed by atoms with Gasteiger partial charge in [0.25, 0.3) is 0 Å². The Labute approximate surface area is 166 Å². The van der Waals surface area contributed by atoms with E-state index in [4.69, 9.17) is 0 Å². The Bertz CT molecular complexity index is 514. The lowest BCUT2D eigenvalue weighted by Crippen LogP contribution is -2.00. The lowest BCUT2D eigenvalue weighted by atomic mass is 9.95. The topological polar surface area (TPSA) is 40.5 Å². The van der Waals surface area contributed by atoms with Crippen LogP contribution in [0.3, 0.4) is 0 Å². The third-order valence-electron chi connectivity index (χ3n) is 5.49. The average Bonchev–Trinajstić information content (AvgIpc) is 2.66. The fourth-order valence-corrected chi connectivity index (χ4v) is 3.74. The molecule has 0 unspecified atom stereocenters. The van der Waals surface area contributed by atoms with Gasteiger partial charge in [-0.2, -0.15) is 0 Å². The van der Waals surface area contributed by atoms with Gasteiger partial charge in [-0.15, -0.1) is 0 Å². The van der Waals surface area contributed by atoms with Crippen molar-refractivity contribution in [3.63, 3.8) is 0 Å². The van der Waals surface area contributed by atoms with Gasteiger partial charge in [0.1, 0.15) is 0 Å². The molecule has 1 aromatic carbocycles. The third-order valence-corrected chi connectivity index (χ3v) is 5.49. The molecule has 0 aliphatic heterocycles. The molecule has 3 heteroatoms. The van der Waals surface area contributed by atoms with Crippen molar-refractivity contribution in [3.8, 4) is 11.5 Å². The van der Waals surface area contributed by atoms with Crippen LogP contribution in [-0.2, 0) is 12.8 Å². The van der Waals surface area contributed by atoms with Gasteiger partial charge in [-0.1, -0.05) is 90.9 Å². The zero-order valence-electron chi connectivity index (χ0n) is 17.7. The molecule has 2 nitrogen and oxygen atoms in total. The Morgan fingerprint density at radius 3 is 1.63 bits per heavy atom. The molecule has 0 aliphatic rings. The van der Waals surface area contributed by atoms with Crippen LogP contribution in [0.4, 0.5) is 4.39 Å². The first-order chi connectivity index (χ1) is 13.1. The summed E-state index contributed by atoms with van der Waals surface area (Å²) in [5, 5.41) is 19.6. The van der Waals surface area contributed by atoms with Crippen molar-refractivity contribution in [2.24, 2.45) is 0 Å². The summed E-state index contributed by atoms with van der Waals surface area (Å²) in [7, 11) is 0. The number of benzene rings is 1. The number of phenolic OH excluding ortho intramolecular Hbond substituents is 2. The van der Waals surface area contributed by atoms with Crippen molar-refractivity contribution in [1.82, 2.24) is 0 Å². The van der Waals surface area contributed by atoms with E-state index in [1.54, 1.807) is 6.07 Å². The number of rotatable bonds is 16. The van der Waals surface area contributed by atoms with Gasteiger partial charge in [-0.3, -0.25) is 0 Å². The van der Waals surface area contributed by atoms with Gasteiger partial charge in [0.05, 0.1) is 0 Å². The van der Waals surface area contributed by atoms with E-state index in [2.05, 4.69) is 13.8 Å². The molecule has 27 heavy (non-hydrogen) atoms. The second kappa shape index (κ2) is 14.8. The molecule has 156 valence electrons. The van der Waals surface area contributed by atoms with Crippen molar-refractivity contribution in [3.05, 3.63) is 23.0 Å². The van der Waals surface area contributed by atoms with E-state index in [9.17, 15) is 14.6 Å². The van der Waals surface area contributed by atoms with Gasteiger partial charge in [0.2, 0.25) is 0 Å². The predicted octanol–water partition coefficient (Wildman–Crippen LogP) is 7.82. The van der Waals surface area contributed by atoms with Crippen molar-refractivity contribution in [2.75, 3.05) is 0 Å². The second-order valence-corrected chi connectivity index (χ2v) is 7.94. The molecule has 0 bridgehead atoms. The van der Waals surface area contributed by atoms with Crippen molar-refractivity contribution < 1.29 is 14.6 Å². The minimum absolute atomic E-state index is 0.325.